The first-order chi connectivity index (χ1) is 17.2. The summed E-state index contributed by atoms with van der Waals surface area (Å²) in [5.74, 6) is -6.88. The highest BCUT2D eigenvalue weighted by atomic mass is 35.5. The summed E-state index contributed by atoms with van der Waals surface area (Å²) in [6, 6.07) is 4.68. The van der Waals surface area contributed by atoms with Crippen molar-refractivity contribution in [1.29, 1.82) is 0 Å². The van der Waals surface area contributed by atoms with Crippen LogP contribution >= 0.6 is 11.6 Å². The molecule has 2 aromatic rings. The van der Waals surface area contributed by atoms with Gasteiger partial charge in [0, 0.05) is 23.4 Å². The fourth-order valence-corrected chi connectivity index (χ4v) is 8.31. The van der Waals surface area contributed by atoms with Gasteiger partial charge in [-0.1, -0.05) is 18.5 Å². The smallest absolute Gasteiger partial charge is 0.255 e. The van der Waals surface area contributed by atoms with Crippen molar-refractivity contribution in [2.45, 2.75) is 61.1 Å². The zero-order chi connectivity index (χ0) is 27.4. The minimum absolute atomic E-state index is 0.0150. The molecule has 12 heteroatoms. The minimum Gasteiger partial charge on any atom is -0.391 e. The molecule has 37 heavy (non-hydrogen) atoms. The number of anilines is 1. The van der Waals surface area contributed by atoms with E-state index in [9.17, 15) is 41.7 Å². The summed E-state index contributed by atoms with van der Waals surface area (Å²) in [5, 5.41) is 32.9. The molecule has 0 aromatic heterocycles. The summed E-state index contributed by atoms with van der Waals surface area (Å²) < 4.78 is 67.5. The third-order valence-electron chi connectivity index (χ3n) is 7.77. The third-order valence-corrected chi connectivity index (χ3v) is 10.4. The number of carbonyl (C=O) groups is 1. The van der Waals surface area contributed by atoms with Crippen molar-refractivity contribution in [2.24, 2.45) is 17.8 Å². The van der Waals surface area contributed by atoms with Crippen LogP contribution in [0.3, 0.4) is 0 Å². The van der Waals surface area contributed by atoms with Gasteiger partial charge in [0.1, 0.15) is 6.10 Å². The van der Waals surface area contributed by atoms with E-state index in [2.05, 4.69) is 5.32 Å². The molecule has 2 unspecified atom stereocenters. The molecule has 0 heterocycles. The molecule has 0 saturated heterocycles. The van der Waals surface area contributed by atoms with E-state index in [1.807, 2.05) is 6.92 Å². The summed E-state index contributed by atoms with van der Waals surface area (Å²) >= 11 is 6.21. The topological polar surface area (TPSA) is 124 Å². The number of hydrogen-bond acceptors (Lipinski definition) is 6. The quantitative estimate of drug-likeness (QED) is 0.399. The Kier molecular flexibility index (Phi) is 7.41. The summed E-state index contributed by atoms with van der Waals surface area (Å²) in [6.07, 6.45) is -2.14. The van der Waals surface area contributed by atoms with E-state index in [1.54, 1.807) is 0 Å². The van der Waals surface area contributed by atoms with E-state index < -0.39 is 68.1 Å². The fourth-order valence-electron chi connectivity index (χ4n) is 5.94. The molecular weight excluding hydrogens is 535 g/mol. The number of hydrogen-bond donors (Lipinski definition) is 4. The largest absolute Gasteiger partial charge is 0.391 e. The number of fused-ring (bicyclic) bond motifs is 2. The van der Waals surface area contributed by atoms with Crippen molar-refractivity contribution < 1.29 is 41.7 Å². The molecule has 2 aliphatic rings. The SMILES string of the molecule is C[C@H](O)[C@@H](O)[C@@]1(O)C2C[C@@H](S(=O)(=O)c3cc(C(=O)Nc4cc(F)c(F)c(F)c4)ccc3Cl)CC1[C@@H](C)C2. The summed E-state index contributed by atoms with van der Waals surface area (Å²) in [7, 11) is -4.12. The van der Waals surface area contributed by atoms with Gasteiger partial charge in [0.05, 0.1) is 26.9 Å². The molecule has 1 amide bonds. The van der Waals surface area contributed by atoms with Crippen LogP contribution in [0.25, 0.3) is 0 Å². The number of sulfone groups is 1. The van der Waals surface area contributed by atoms with Crippen LogP contribution in [0.5, 0.6) is 0 Å². The second-order valence-corrected chi connectivity index (χ2v) is 12.7. The lowest BCUT2D eigenvalue weighted by molar-refractivity contribution is -0.175. The maximum Gasteiger partial charge on any atom is 0.255 e. The van der Waals surface area contributed by atoms with E-state index in [1.165, 1.54) is 19.1 Å². The van der Waals surface area contributed by atoms with Crippen molar-refractivity contribution in [2.75, 3.05) is 5.32 Å². The lowest BCUT2D eigenvalue weighted by Gasteiger charge is -2.46. The molecule has 0 radical (unpaired) electrons. The number of amides is 1. The maximum atomic E-state index is 13.7. The minimum atomic E-state index is -4.12. The number of carbonyl (C=O) groups excluding carboxylic acids is 1. The second-order valence-electron chi connectivity index (χ2n) is 10.1. The Morgan fingerprint density at radius 1 is 1.11 bits per heavy atom. The molecule has 0 spiro atoms. The van der Waals surface area contributed by atoms with Crippen LogP contribution in [0, 0.1) is 35.2 Å². The van der Waals surface area contributed by atoms with E-state index in [0.717, 1.165) is 6.07 Å². The van der Waals surface area contributed by atoms with Crippen molar-refractivity contribution in [1.82, 2.24) is 0 Å². The first kappa shape index (κ1) is 27.8. The third kappa shape index (κ3) is 4.76. The molecule has 2 saturated carbocycles. The first-order valence-corrected chi connectivity index (χ1v) is 13.7. The Morgan fingerprint density at radius 3 is 2.30 bits per heavy atom. The van der Waals surface area contributed by atoms with E-state index in [0.29, 0.717) is 18.6 Å². The number of benzene rings is 2. The molecule has 2 aromatic carbocycles. The normalized spacial score (nSPS) is 29.1. The summed E-state index contributed by atoms with van der Waals surface area (Å²) in [6.45, 7) is 3.22. The molecular formula is C25H27ClF3NO6S. The van der Waals surface area contributed by atoms with Crippen LogP contribution in [-0.4, -0.2) is 52.7 Å². The van der Waals surface area contributed by atoms with Gasteiger partial charge in [-0.3, -0.25) is 4.79 Å². The van der Waals surface area contributed by atoms with Gasteiger partial charge in [0.25, 0.3) is 5.91 Å². The number of aliphatic hydroxyl groups excluding tert-OH is 2. The van der Waals surface area contributed by atoms with Crippen LogP contribution in [0.1, 0.15) is 43.5 Å². The molecule has 4 N–H and O–H groups in total. The van der Waals surface area contributed by atoms with E-state index >= 15 is 0 Å². The van der Waals surface area contributed by atoms with Crippen molar-refractivity contribution in [3.05, 3.63) is 58.4 Å². The fraction of sp³-hybridized carbons (Fsp3) is 0.480. The monoisotopic (exact) mass is 561 g/mol. The van der Waals surface area contributed by atoms with Crippen LogP contribution in [0.2, 0.25) is 5.02 Å². The Morgan fingerprint density at radius 2 is 1.73 bits per heavy atom. The van der Waals surface area contributed by atoms with Crippen LogP contribution < -0.4 is 5.32 Å². The molecule has 7 nitrogen and oxygen atoms in total. The molecule has 0 aliphatic heterocycles. The van der Waals surface area contributed by atoms with Gasteiger partial charge in [-0.25, -0.2) is 21.6 Å². The van der Waals surface area contributed by atoms with Gasteiger partial charge in [-0.2, -0.15) is 0 Å². The number of halogens is 4. The van der Waals surface area contributed by atoms with Gasteiger partial charge in [0.15, 0.2) is 27.3 Å². The van der Waals surface area contributed by atoms with Crippen LogP contribution in [-0.2, 0) is 9.84 Å². The Labute approximate surface area is 217 Å². The molecule has 2 fully saturated rings. The Hall–Kier alpha value is -2.18. The van der Waals surface area contributed by atoms with Gasteiger partial charge in [0.2, 0.25) is 0 Å². The summed E-state index contributed by atoms with van der Waals surface area (Å²) in [4.78, 5) is 12.4. The number of aliphatic hydroxyl groups is 3. The number of nitrogens with one attached hydrogen (secondary N) is 1. The highest BCUT2D eigenvalue weighted by Crippen LogP contribution is 2.56. The van der Waals surface area contributed by atoms with Gasteiger partial charge >= 0.3 is 0 Å². The lowest BCUT2D eigenvalue weighted by atomic mass is 9.69. The van der Waals surface area contributed by atoms with E-state index in [-0.39, 0.29) is 39.9 Å². The molecule has 202 valence electrons. The first-order valence-electron chi connectivity index (χ1n) is 11.8. The zero-order valence-corrected chi connectivity index (χ0v) is 21.5. The zero-order valence-electron chi connectivity index (χ0n) is 20.0. The highest BCUT2D eigenvalue weighted by Gasteiger charge is 2.62. The average Bonchev–Trinajstić information content (AvgIpc) is 2.95. The van der Waals surface area contributed by atoms with Crippen LogP contribution in [0.15, 0.2) is 35.2 Å². The predicted molar refractivity (Wildman–Crippen MR) is 129 cm³/mol. The van der Waals surface area contributed by atoms with Crippen molar-refractivity contribution in [3.8, 4) is 0 Å². The second kappa shape index (κ2) is 9.85. The van der Waals surface area contributed by atoms with Gasteiger partial charge in [-0.15, -0.1) is 0 Å². The van der Waals surface area contributed by atoms with Crippen molar-refractivity contribution in [3.63, 3.8) is 0 Å². The number of rotatable bonds is 6. The standard InChI is InChI=1S/C25H27ClF3NO6S/c1-11-5-14-7-16(10-17(11)25(14,34)23(32)12(2)31)37(35,36)21-6-13(3-4-18(21)26)24(33)30-15-8-19(27)22(29)20(28)9-15/h3-4,6,8-9,11-12,14,16-17,23,31-32,34H,5,7,10H2,1-2H3,(H,30,33)/t11-,12-,14?,16+,17?,23+,25+/m0/s1. The molecule has 2 bridgehead atoms. The molecule has 4 rings (SSSR count). The van der Waals surface area contributed by atoms with Crippen molar-refractivity contribution >= 4 is 33.0 Å². The maximum absolute atomic E-state index is 13.7. The Bertz CT molecular complexity index is 1320. The lowest BCUT2D eigenvalue weighted by Crippen LogP contribution is -2.59. The van der Waals surface area contributed by atoms with Gasteiger partial charge < -0.3 is 20.6 Å². The predicted octanol–water partition coefficient (Wildman–Crippen LogP) is 3.69. The highest BCUT2D eigenvalue weighted by molar-refractivity contribution is 7.92. The van der Waals surface area contributed by atoms with E-state index in [4.69, 9.17) is 11.6 Å². The molecule has 2 aliphatic carbocycles. The average molecular weight is 562 g/mol. The summed E-state index contributed by atoms with van der Waals surface area (Å²) in [5.41, 5.74) is -2.17. The van der Waals surface area contributed by atoms with Crippen LogP contribution in [0.4, 0.5) is 18.9 Å². The van der Waals surface area contributed by atoms with Gasteiger partial charge in [-0.05, 0) is 62.1 Å². The molecule has 7 atom stereocenters. The Balaban J connectivity index is 1.62.